The van der Waals surface area contributed by atoms with Gasteiger partial charge in [-0.2, -0.15) is 4.68 Å². The number of aliphatic hydroxyl groups excluding tert-OH is 1. The summed E-state index contributed by atoms with van der Waals surface area (Å²) in [6.45, 7) is 3.00. The topological polar surface area (TPSA) is 131 Å². The molecule has 2 N–H and O–H groups in total. The van der Waals surface area contributed by atoms with Gasteiger partial charge in [-0.15, -0.1) is 5.10 Å². The molecule has 0 aromatic carbocycles. The van der Waals surface area contributed by atoms with Crippen LogP contribution in [0, 0.1) is 5.41 Å². The monoisotopic (exact) mass is 426 g/mol. The van der Waals surface area contributed by atoms with Crippen molar-refractivity contribution in [2.75, 3.05) is 6.61 Å². The number of aliphatic hydroxyl groups is 1. The zero-order valence-corrected chi connectivity index (χ0v) is 17.4. The Hall–Kier alpha value is -2.76. The molecule has 164 valence electrons. The number of tetrazole rings is 1. The lowest BCUT2D eigenvalue weighted by atomic mass is 9.70. The molecule has 2 aromatic rings. The van der Waals surface area contributed by atoms with Crippen LogP contribution in [0.2, 0.25) is 0 Å². The molecule has 11 nitrogen and oxygen atoms in total. The summed E-state index contributed by atoms with van der Waals surface area (Å²) < 4.78 is 6.67. The SMILES string of the molecule is CC1C[C@]2(CC[C@@H](NCc3cnc(-n4cnnn4)cn3)CC2)C(=O)N1C1=CC(O)OC1. The van der Waals surface area contributed by atoms with Gasteiger partial charge in [0.05, 0.1) is 30.1 Å². The highest BCUT2D eigenvalue weighted by molar-refractivity contribution is 5.87. The third kappa shape index (κ3) is 3.84. The van der Waals surface area contributed by atoms with Crippen LogP contribution in [-0.4, -0.2) is 71.1 Å². The number of hydrogen-bond acceptors (Lipinski definition) is 9. The molecule has 31 heavy (non-hydrogen) atoms. The zero-order chi connectivity index (χ0) is 21.4. The van der Waals surface area contributed by atoms with E-state index in [4.69, 9.17) is 4.74 Å². The minimum Gasteiger partial charge on any atom is -0.365 e. The largest absolute Gasteiger partial charge is 0.365 e. The van der Waals surface area contributed by atoms with Gasteiger partial charge in [0, 0.05) is 24.3 Å². The Kier molecular flexibility index (Phi) is 5.24. The Morgan fingerprint density at radius 1 is 1.29 bits per heavy atom. The Labute approximate surface area is 179 Å². The molecular formula is C20H26N8O3. The van der Waals surface area contributed by atoms with Crippen LogP contribution in [0.25, 0.3) is 5.82 Å². The predicted molar refractivity (Wildman–Crippen MR) is 107 cm³/mol. The van der Waals surface area contributed by atoms with Crippen LogP contribution in [0.15, 0.2) is 30.5 Å². The van der Waals surface area contributed by atoms with Crippen molar-refractivity contribution < 1.29 is 14.6 Å². The number of ether oxygens (including phenoxy) is 1. The van der Waals surface area contributed by atoms with Crippen LogP contribution in [-0.2, 0) is 16.1 Å². The van der Waals surface area contributed by atoms with Crippen molar-refractivity contribution in [3.63, 3.8) is 0 Å². The zero-order valence-electron chi connectivity index (χ0n) is 17.4. The number of likely N-dealkylation sites (tertiary alicyclic amines) is 1. The molecule has 2 unspecified atom stereocenters. The second-order valence-corrected chi connectivity index (χ2v) is 8.64. The number of carbonyl (C=O) groups excluding carboxylic acids is 1. The van der Waals surface area contributed by atoms with E-state index in [1.807, 2.05) is 4.90 Å². The summed E-state index contributed by atoms with van der Waals surface area (Å²) in [6, 6.07) is 0.478. The second-order valence-electron chi connectivity index (χ2n) is 8.64. The van der Waals surface area contributed by atoms with Gasteiger partial charge in [-0.1, -0.05) is 0 Å². The van der Waals surface area contributed by atoms with Crippen molar-refractivity contribution in [2.45, 2.75) is 63.9 Å². The van der Waals surface area contributed by atoms with E-state index in [1.54, 1.807) is 18.5 Å². The van der Waals surface area contributed by atoms with Gasteiger partial charge in [-0.05, 0) is 55.5 Å². The molecule has 5 rings (SSSR count). The summed E-state index contributed by atoms with van der Waals surface area (Å²) in [7, 11) is 0. The van der Waals surface area contributed by atoms with E-state index >= 15 is 0 Å². The van der Waals surface area contributed by atoms with E-state index in [0.29, 0.717) is 25.0 Å². The molecule has 1 saturated heterocycles. The minimum absolute atomic E-state index is 0.131. The third-order valence-corrected chi connectivity index (χ3v) is 6.64. The van der Waals surface area contributed by atoms with Crippen molar-refractivity contribution >= 4 is 5.91 Å². The maximum absolute atomic E-state index is 13.3. The van der Waals surface area contributed by atoms with Crippen LogP contribution in [0.1, 0.15) is 44.7 Å². The van der Waals surface area contributed by atoms with E-state index in [1.165, 1.54) is 11.0 Å². The normalized spacial score (nSPS) is 30.9. The molecule has 4 heterocycles. The fourth-order valence-corrected chi connectivity index (χ4v) is 5.06. The third-order valence-electron chi connectivity index (χ3n) is 6.64. The molecular weight excluding hydrogens is 400 g/mol. The number of amides is 1. The Morgan fingerprint density at radius 2 is 2.13 bits per heavy atom. The lowest BCUT2D eigenvalue weighted by molar-refractivity contribution is -0.137. The van der Waals surface area contributed by atoms with Crippen LogP contribution < -0.4 is 5.32 Å². The molecule has 0 radical (unpaired) electrons. The van der Waals surface area contributed by atoms with E-state index in [2.05, 4.69) is 37.7 Å². The first-order chi connectivity index (χ1) is 15.0. The number of nitrogens with zero attached hydrogens (tertiary/aromatic N) is 7. The molecule has 3 aliphatic rings. The fourth-order valence-electron chi connectivity index (χ4n) is 5.06. The van der Waals surface area contributed by atoms with Gasteiger partial charge in [-0.3, -0.25) is 9.78 Å². The average Bonchev–Trinajstić information content (AvgIpc) is 3.50. The lowest BCUT2D eigenvalue weighted by Gasteiger charge is -2.36. The van der Waals surface area contributed by atoms with Crippen molar-refractivity contribution in [1.82, 2.24) is 40.4 Å². The molecule has 2 aromatic heterocycles. The second kappa shape index (κ2) is 8.06. The molecule has 1 spiro atoms. The van der Waals surface area contributed by atoms with Gasteiger partial charge in [-0.25, -0.2) is 4.98 Å². The number of aromatic nitrogens is 6. The highest BCUT2D eigenvalue weighted by atomic mass is 16.6. The molecule has 11 heteroatoms. The Bertz CT molecular complexity index is 953. The summed E-state index contributed by atoms with van der Waals surface area (Å²) in [5, 5.41) is 24.2. The average molecular weight is 426 g/mol. The van der Waals surface area contributed by atoms with E-state index < -0.39 is 6.29 Å². The van der Waals surface area contributed by atoms with Gasteiger partial charge in [0.2, 0.25) is 5.91 Å². The molecule has 0 bridgehead atoms. The van der Waals surface area contributed by atoms with Crippen molar-refractivity contribution in [3.05, 3.63) is 36.2 Å². The maximum Gasteiger partial charge on any atom is 0.233 e. The van der Waals surface area contributed by atoms with Crippen molar-refractivity contribution in [1.29, 1.82) is 0 Å². The Morgan fingerprint density at radius 3 is 2.77 bits per heavy atom. The van der Waals surface area contributed by atoms with Gasteiger partial charge < -0.3 is 20.1 Å². The van der Waals surface area contributed by atoms with Crippen LogP contribution in [0.5, 0.6) is 0 Å². The molecule has 1 saturated carbocycles. The molecule has 1 amide bonds. The van der Waals surface area contributed by atoms with Gasteiger partial charge in [0.15, 0.2) is 12.1 Å². The van der Waals surface area contributed by atoms with Crippen LogP contribution in [0.3, 0.4) is 0 Å². The number of carbonyl (C=O) groups is 1. The first-order valence-corrected chi connectivity index (χ1v) is 10.7. The van der Waals surface area contributed by atoms with E-state index in [-0.39, 0.29) is 17.4 Å². The molecule has 2 aliphatic heterocycles. The summed E-state index contributed by atoms with van der Waals surface area (Å²) in [5.74, 6) is 0.758. The fraction of sp³-hybridized carbons (Fsp3) is 0.600. The first kappa shape index (κ1) is 20.2. The highest BCUT2D eigenvalue weighted by Crippen LogP contribution is 2.48. The molecule has 2 atom stereocenters. The van der Waals surface area contributed by atoms with Gasteiger partial charge >= 0.3 is 0 Å². The molecule has 2 fully saturated rings. The van der Waals surface area contributed by atoms with Crippen LogP contribution in [0.4, 0.5) is 0 Å². The van der Waals surface area contributed by atoms with Crippen LogP contribution >= 0.6 is 0 Å². The summed E-state index contributed by atoms with van der Waals surface area (Å²) in [4.78, 5) is 23.9. The standard InChI is InChI=1S/C20H26N8O3/c1-13-7-20(19(30)28(13)16-6-18(29)31-11-16)4-2-14(3-5-20)21-8-15-9-23-17(10-22-15)27-12-24-25-26-27/h6,9-10,12-14,18,21,29H,2-5,7-8,11H2,1H3/t13?,14-,18?,20-. The number of hydrogen-bond donors (Lipinski definition) is 2. The predicted octanol–water partition coefficient (Wildman–Crippen LogP) is 0.324. The van der Waals surface area contributed by atoms with Gasteiger partial charge in [0.1, 0.15) is 6.33 Å². The van der Waals surface area contributed by atoms with Crippen molar-refractivity contribution in [2.24, 2.45) is 5.41 Å². The minimum atomic E-state index is -0.906. The van der Waals surface area contributed by atoms with Gasteiger partial charge in [0.25, 0.3) is 0 Å². The maximum atomic E-state index is 13.3. The quantitative estimate of drug-likeness (QED) is 0.694. The highest BCUT2D eigenvalue weighted by Gasteiger charge is 2.52. The first-order valence-electron chi connectivity index (χ1n) is 10.7. The number of nitrogens with one attached hydrogen (secondary N) is 1. The lowest BCUT2D eigenvalue weighted by Crippen LogP contribution is -2.42. The van der Waals surface area contributed by atoms with E-state index in [0.717, 1.165) is 43.5 Å². The smallest absolute Gasteiger partial charge is 0.233 e. The molecule has 1 aliphatic carbocycles. The number of rotatable bonds is 5. The summed E-state index contributed by atoms with van der Waals surface area (Å²) in [6.07, 6.45) is 10.1. The Balaban J connectivity index is 1.15. The van der Waals surface area contributed by atoms with Crippen molar-refractivity contribution in [3.8, 4) is 5.82 Å². The summed E-state index contributed by atoms with van der Waals surface area (Å²) >= 11 is 0. The van der Waals surface area contributed by atoms with E-state index in [9.17, 15) is 9.90 Å². The summed E-state index contributed by atoms with van der Waals surface area (Å²) in [5.41, 5.74) is 1.35.